The number of rotatable bonds is 3. The number of amides is 1. The summed E-state index contributed by atoms with van der Waals surface area (Å²) in [6.45, 7) is 3.81. The summed E-state index contributed by atoms with van der Waals surface area (Å²) in [5.74, 6) is 0.405. The van der Waals surface area contributed by atoms with Crippen molar-refractivity contribution in [2.45, 2.75) is 32.7 Å². The lowest BCUT2D eigenvalue weighted by molar-refractivity contribution is 0.0936. The average molecular weight is 243 g/mol. The molecular formula is C14H17N3O. The predicted molar refractivity (Wildman–Crippen MR) is 70.0 cm³/mol. The van der Waals surface area contributed by atoms with Crippen LogP contribution in [-0.4, -0.2) is 11.9 Å². The van der Waals surface area contributed by atoms with Crippen LogP contribution in [-0.2, 0) is 0 Å². The van der Waals surface area contributed by atoms with Gasteiger partial charge in [-0.15, -0.1) is 0 Å². The normalized spacial score (nSPS) is 15.8. The topological polar surface area (TPSA) is 78.9 Å². The van der Waals surface area contributed by atoms with Crippen molar-refractivity contribution in [2.75, 3.05) is 5.73 Å². The molecule has 4 heteroatoms. The Balaban J connectivity index is 2.23. The molecule has 1 fully saturated rings. The summed E-state index contributed by atoms with van der Waals surface area (Å²) in [5, 5.41) is 11.9. The Morgan fingerprint density at radius 1 is 1.56 bits per heavy atom. The number of nitrogens with one attached hydrogen (secondary N) is 1. The first kappa shape index (κ1) is 12.4. The first-order chi connectivity index (χ1) is 8.52. The molecule has 0 unspecified atom stereocenters. The standard InChI is InChI=1S/C14H17N3O/c1-8-5-10(7-15)6-12(13(8)16)14(18)17-9(2)11-3-4-11/h5-6,9,11H,3-4,16H2,1-2H3,(H,17,18)/t9-/m1/s1. The zero-order valence-electron chi connectivity index (χ0n) is 10.7. The van der Waals surface area contributed by atoms with Crippen LogP contribution in [0.3, 0.4) is 0 Å². The molecule has 18 heavy (non-hydrogen) atoms. The van der Waals surface area contributed by atoms with E-state index < -0.39 is 0 Å². The molecule has 1 aliphatic carbocycles. The Bertz CT molecular complexity index is 527. The highest BCUT2D eigenvalue weighted by molar-refractivity contribution is 6.00. The van der Waals surface area contributed by atoms with E-state index in [9.17, 15) is 4.79 Å². The Labute approximate surface area is 107 Å². The first-order valence-corrected chi connectivity index (χ1v) is 6.14. The molecule has 0 aliphatic heterocycles. The largest absolute Gasteiger partial charge is 0.398 e. The smallest absolute Gasteiger partial charge is 0.253 e. The molecule has 1 aromatic carbocycles. The number of nitrogens with two attached hydrogens (primary N) is 1. The fraction of sp³-hybridized carbons (Fsp3) is 0.429. The third-order valence-electron chi connectivity index (χ3n) is 3.45. The molecule has 0 bridgehead atoms. The Kier molecular flexibility index (Phi) is 3.24. The molecule has 1 saturated carbocycles. The minimum Gasteiger partial charge on any atom is -0.398 e. The highest BCUT2D eigenvalue weighted by Gasteiger charge is 2.29. The van der Waals surface area contributed by atoms with E-state index in [1.165, 1.54) is 12.8 Å². The SMILES string of the molecule is Cc1cc(C#N)cc(C(=O)N[C@H](C)C2CC2)c1N. The summed E-state index contributed by atoms with van der Waals surface area (Å²) < 4.78 is 0. The molecule has 94 valence electrons. The second-order valence-electron chi connectivity index (χ2n) is 4.97. The van der Waals surface area contributed by atoms with Crippen molar-refractivity contribution in [1.29, 1.82) is 5.26 Å². The lowest BCUT2D eigenvalue weighted by Crippen LogP contribution is -2.34. The van der Waals surface area contributed by atoms with Crippen LogP contribution in [0.15, 0.2) is 12.1 Å². The number of hydrogen-bond donors (Lipinski definition) is 2. The van der Waals surface area contributed by atoms with Crippen molar-refractivity contribution >= 4 is 11.6 Å². The summed E-state index contributed by atoms with van der Waals surface area (Å²) in [4.78, 5) is 12.1. The number of carbonyl (C=O) groups is 1. The van der Waals surface area contributed by atoms with Gasteiger partial charge < -0.3 is 11.1 Å². The van der Waals surface area contributed by atoms with Crippen molar-refractivity contribution in [3.05, 3.63) is 28.8 Å². The van der Waals surface area contributed by atoms with Gasteiger partial charge in [-0.25, -0.2) is 0 Å². The summed E-state index contributed by atoms with van der Waals surface area (Å²) in [5.41, 5.74) is 7.99. The highest BCUT2D eigenvalue weighted by atomic mass is 16.1. The Hall–Kier alpha value is -2.02. The second kappa shape index (κ2) is 4.69. The Morgan fingerprint density at radius 2 is 2.22 bits per heavy atom. The summed E-state index contributed by atoms with van der Waals surface area (Å²) in [6, 6.07) is 5.46. The molecule has 1 atom stereocenters. The Morgan fingerprint density at radius 3 is 2.78 bits per heavy atom. The third kappa shape index (κ3) is 2.45. The van der Waals surface area contributed by atoms with Crippen LogP contribution in [0.4, 0.5) is 5.69 Å². The molecule has 0 radical (unpaired) electrons. The minimum absolute atomic E-state index is 0.169. The van der Waals surface area contributed by atoms with E-state index in [2.05, 4.69) is 5.32 Å². The molecule has 1 aromatic rings. The first-order valence-electron chi connectivity index (χ1n) is 6.14. The average Bonchev–Trinajstić information content (AvgIpc) is 3.16. The van der Waals surface area contributed by atoms with E-state index in [0.29, 0.717) is 22.7 Å². The molecule has 1 aliphatic rings. The molecule has 0 aromatic heterocycles. The van der Waals surface area contributed by atoms with E-state index in [-0.39, 0.29) is 11.9 Å². The number of nitriles is 1. The number of carbonyl (C=O) groups excluding carboxylic acids is 1. The van der Waals surface area contributed by atoms with Gasteiger partial charge in [-0.2, -0.15) is 5.26 Å². The summed E-state index contributed by atoms with van der Waals surface area (Å²) >= 11 is 0. The van der Waals surface area contributed by atoms with Crippen LogP contribution < -0.4 is 11.1 Å². The predicted octanol–water partition coefficient (Wildman–Crippen LogP) is 1.98. The van der Waals surface area contributed by atoms with Crippen LogP contribution in [0, 0.1) is 24.2 Å². The summed E-state index contributed by atoms with van der Waals surface area (Å²) in [7, 11) is 0. The quantitative estimate of drug-likeness (QED) is 0.797. The monoisotopic (exact) mass is 243 g/mol. The third-order valence-corrected chi connectivity index (χ3v) is 3.45. The lowest BCUT2D eigenvalue weighted by atomic mass is 10.0. The van der Waals surface area contributed by atoms with Crippen LogP contribution in [0.5, 0.6) is 0 Å². The zero-order chi connectivity index (χ0) is 13.3. The van der Waals surface area contributed by atoms with Gasteiger partial charge in [0, 0.05) is 11.7 Å². The fourth-order valence-corrected chi connectivity index (χ4v) is 2.05. The van der Waals surface area contributed by atoms with Gasteiger partial charge in [-0.3, -0.25) is 4.79 Å². The maximum Gasteiger partial charge on any atom is 0.253 e. The van der Waals surface area contributed by atoms with Crippen LogP contribution >= 0.6 is 0 Å². The molecule has 0 heterocycles. The molecule has 1 amide bonds. The van der Waals surface area contributed by atoms with Gasteiger partial charge in [0.15, 0.2) is 0 Å². The molecule has 4 nitrogen and oxygen atoms in total. The minimum atomic E-state index is -0.188. The van der Waals surface area contributed by atoms with Gasteiger partial charge in [0.05, 0.1) is 17.2 Å². The van der Waals surface area contributed by atoms with E-state index in [4.69, 9.17) is 11.0 Å². The van der Waals surface area contributed by atoms with Gasteiger partial charge in [0.2, 0.25) is 0 Å². The number of anilines is 1. The number of aryl methyl sites for hydroxylation is 1. The van der Waals surface area contributed by atoms with Gasteiger partial charge >= 0.3 is 0 Å². The van der Waals surface area contributed by atoms with E-state index in [1.54, 1.807) is 19.1 Å². The van der Waals surface area contributed by atoms with Crippen LogP contribution in [0.25, 0.3) is 0 Å². The van der Waals surface area contributed by atoms with Crippen molar-refractivity contribution in [1.82, 2.24) is 5.32 Å². The molecule has 3 N–H and O–H groups in total. The van der Waals surface area contributed by atoms with Gasteiger partial charge in [0.1, 0.15) is 0 Å². The van der Waals surface area contributed by atoms with Gasteiger partial charge in [0.25, 0.3) is 5.91 Å². The maximum absolute atomic E-state index is 12.1. The van der Waals surface area contributed by atoms with E-state index in [0.717, 1.165) is 5.56 Å². The van der Waals surface area contributed by atoms with Crippen LogP contribution in [0.1, 0.15) is 41.3 Å². The van der Waals surface area contributed by atoms with E-state index >= 15 is 0 Å². The molecule has 0 saturated heterocycles. The molecule has 0 spiro atoms. The highest BCUT2D eigenvalue weighted by Crippen LogP contribution is 2.32. The van der Waals surface area contributed by atoms with Crippen molar-refractivity contribution in [2.24, 2.45) is 5.92 Å². The lowest BCUT2D eigenvalue weighted by Gasteiger charge is -2.15. The molecular weight excluding hydrogens is 226 g/mol. The number of nitrogens with zero attached hydrogens (tertiary/aromatic N) is 1. The van der Waals surface area contributed by atoms with Crippen molar-refractivity contribution in [3.63, 3.8) is 0 Å². The second-order valence-corrected chi connectivity index (χ2v) is 4.97. The van der Waals surface area contributed by atoms with Crippen molar-refractivity contribution in [3.8, 4) is 6.07 Å². The number of nitrogen functional groups attached to an aromatic ring is 1. The zero-order valence-corrected chi connectivity index (χ0v) is 10.7. The van der Waals surface area contributed by atoms with Gasteiger partial charge in [-0.1, -0.05) is 0 Å². The maximum atomic E-state index is 12.1. The summed E-state index contributed by atoms with van der Waals surface area (Å²) in [6.07, 6.45) is 2.35. The molecule has 2 rings (SSSR count). The van der Waals surface area contributed by atoms with Crippen molar-refractivity contribution < 1.29 is 4.79 Å². The van der Waals surface area contributed by atoms with E-state index in [1.807, 2.05) is 13.0 Å². The van der Waals surface area contributed by atoms with Crippen LogP contribution in [0.2, 0.25) is 0 Å². The van der Waals surface area contributed by atoms with Gasteiger partial charge in [-0.05, 0) is 50.3 Å². The fourth-order valence-electron chi connectivity index (χ4n) is 2.05. The number of benzene rings is 1. The number of hydrogen-bond acceptors (Lipinski definition) is 3.